The lowest BCUT2D eigenvalue weighted by molar-refractivity contribution is 0.0724. The van der Waals surface area contributed by atoms with Crippen molar-refractivity contribution in [2.24, 2.45) is 7.05 Å². The van der Waals surface area contributed by atoms with Crippen LogP contribution in [0.5, 0.6) is 5.75 Å². The molecule has 3 aromatic heterocycles. The molecule has 160 valence electrons. The maximum Gasteiger partial charge on any atom is 0.270 e. The normalized spacial score (nSPS) is 13.9. The molecule has 0 bridgehead atoms. The van der Waals surface area contributed by atoms with E-state index in [2.05, 4.69) is 51.7 Å². The van der Waals surface area contributed by atoms with Crippen molar-refractivity contribution in [2.75, 3.05) is 13.2 Å². The highest BCUT2D eigenvalue weighted by molar-refractivity contribution is 7.17. The van der Waals surface area contributed by atoms with Crippen LogP contribution in [-0.4, -0.2) is 38.5 Å². The second-order valence-electron chi connectivity index (χ2n) is 8.21. The van der Waals surface area contributed by atoms with Gasteiger partial charge in [0.1, 0.15) is 23.9 Å². The van der Waals surface area contributed by atoms with E-state index in [0.29, 0.717) is 25.4 Å². The minimum Gasteiger partial charge on any atom is -0.491 e. The molecule has 32 heavy (non-hydrogen) atoms. The van der Waals surface area contributed by atoms with E-state index in [4.69, 9.17) is 4.74 Å². The van der Waals surface area contributed by atoms with Crippen molar-refractivity contribution in [3.63, 3.8) is 0 Å². The fourth-order valence-electron chi connectivity index (χ4n) is 4.48. The lowest BCUT2D eigenvalue weighted by Gasteiger charge is -2.20. The van der Waals surface area contributed by atoms with Crippen LogP contribution >= 0.6 is 11.3 Å². The maximum absolute atomic E-state index is 13.4. The molecule has 1 aliphatic rings. The minimum absolute atomic E-state index is 0.0335. The number of fused-ring (bicyclic) bond motifs is 3. The van der Waals surface area contributed by atoms with Gasteiger partial charge >= 0.3 is 0 Å². The number of benzene rings is 2. The highest BCUT2D eigenvalue weighted by Gasteiger charge is 2.24. The lowest BCUT2D eigenvalue weighted by atomic mass is 10.0. The first kappa shape index (κ1) is 19.1. The van der Waals surface area contributed by atoms with E-state index >= 15 is 0 Å². The highest BCUT2D eigenvalue weighted by Crippen LogP contribution is 2.32. The molecule has 0 fully saturated rings. The van der Waals surface area contributed by atoms with Crippen LogP contribution in [0.4, 0.5) is 0 Å². The van der Waals surface area contributed by atoms with E-state index < -0.39 is 0 Å². The first-order chi connectivity index (χ1) is 15.6. The molecule has 6 nitrogen and oxygen atoms in total. The zero-order chi connectivity index (χ0) is 21.8. The van der Waals surface area contributed by atoms with Crippen molar-refractivity contribution in [1.29, 1.82) is 0 Å². The zero-order valence-corrected chi connectivity index (χ0v) is 18.7. The standard InChI is InChI=1S/C25H22N4O2S/c1-15-26-19-5-3-17(12-20(19)27-15)16-4-6-23-18(11-16)14-29(8-9-31-23)25(30)22-13-24-21(28(22)2)7-10-32-24/h3-7,10-13H,8-9,14H2,1-2H3,(H,26,27). The Hall–Kier alpha value is -3.58. The summed E-state index contributed by atoms with van der Waals surface area (Å²) >= 11 is 1.66. The monoisotopic (exact) mass is 442 g/mol. The molecule has 0 saturated heterocycles. The number of aromatic amines is 1. The van der Waals surface area contributed by atoms with E-state index in [1.165, 1.54) is 0 Å². The van der Waals surface area contributed by atoms with Crippen molar-refractivity contribution in [1.82, 2.24) is 19.4 Å². The number of carbonyl (C=O) groups excluding carboxylic acids is 1. The fourth-order valence-corrected chi connectivity index (χ4v) is 5.33. The molecule has 6 rings (SSSR count). The summed E-state index contributed by atoms with van der Waals surface area (Å²) in [4.78, 5) is 23.1. The number of rotatable bonds is 2. The summed E-state index contributed by atoms with van der Waals surface area (Å²) in [6, 6.07) is 16.5. The summed E-state index contributed by atoms with van der Waals surface area (Å²) in [7, 11) is 1.95. The Morgan fingerprint density at radius 1 is 1.12 bits per heavy atom. The molecule has 0 spiro atoms. The van der Waals surface area contributed by atoms with Crippen LogP contribution in [0.15, 0.2) is 53.9 Å². The molecule has 0 aliphatic carbocycles. The zero-order valence-electron chi connectivity index (χ0n) is 17.9. The molecule has 4 heterocycles. The van der Waals surface area contributed by atoms with Crippen LogP contribution in [0.25, 0.3) is 32.4 Å². The van der Waals surface area contributed by atoms with Gasteiger partial charge in [0.15, 0.2) is 0 Å². The number of nitrogens with one attached hydrogen (secondary N) is 1. The predicted molar refractivity (Wildman–Crippen MR) is 127 cm³/mol. The van der Waals surface area contributed by atoms with E-state index in [0.717, 1.165) is 49.5 Å². The van der Waals surface area contributed by atoms with Crippen molar-refractivity contribution in [2.45, 2.75) is 13.5 Å². The number of aryl methyl sites for hydroxylation is 2. The number of aromatic nitrogens is 3. The van der Waals surface area contributed by atoms with Crippen molar-refractivity contribution in [3.8, 4) is 16.9 Å². The smallest absolute Gasteiger partial charge is 0.270 e. The molecule has 0 atom stereocenters. The number of amides is 1. The summed E-state index contributed by atoms with van der Waals surface area (Å²) < 4.78 is 9.10. The number of nitrogens with zero attached hydrogens (tertiary/aromatic N) is 3. The Balaban J connectivity index is 1.34. The van der Waals surface area contributed by atoms with Gasteiger partial charge in [-0.1, -0.05) is 12.1 Å². The topological polar surface area (TPSA) is 63.1 Å². The van der Waals surface area contributed by atoms with Gasteiger partial charge in [0.2, 0.25) is 0 Å². The van der Waals surface area contributed by atoms with Gasteiger partial charge in [0.05, 0.1) is 27.8 Å². The van der Waals surface area contributed by atoms with E-state index in [9.17, 15) is 4.79 Å². The third-order valence-corrected chi connectivity index (χ3v) is 7.00. The number of thiophene rings is 1. The quantitative estimate of drug-likeness (QED) is 0.412. The molecular weight excluding hydrogens is 420 g/mol. The van der Waals surface area contributed by atoms with Crippen molar-refractivity contribution in [3.05, 3.63) is 71.0 Å². The van der Waals surface area contributed by atoms with E-state index in [1.54, 1.807) is 11.3 Å². The fraction of sp³-hybridized carbons (Fsp3) is 0.200. The second-order valence-corrected chi connectivity index (χ2v) is 9.16. The van der Waals surface area contributed by atoms with Gasteiger partial charge < -0.3 is 19.2 Å². The lowest BCUT2D eigenvalue weighted by Crippen LogP contribution is -2.33. The van der Waals surface area contributed by atoms with Gasteiger partial charge in [-0.25, -0.2) is 4.98 Å². The Labute approximate surface area is 189 Å². The van der Waals surface area contributed by atoms with Crippen LogP contribution < -0.4 is 4.74 Å². The van der Waals surface area contributed by atoms with Gasteiger partial charge in [0, 0.05) is 19.2 Å². The number of hydrogen-bond donors (Lipinski definition) is 1. The van der Waals surface area contributed by atoms with Gasteiger partial charge in [-0.3, -0.25) is 4.79 Å². The molecule has 1 aliphatic heterocycles. The maximum atomic E-state index is 13.4. The molecule has 1 N–H and O–H groups in total. The molecule has 7 heteroatoms. The van der Waals surface area contributed by atoms with Crippen molar-refractivity contribution >= 4 is 38.5 Å². The van der Waals surface area contributed by atoms with Crippen LogP contribution in [0.2, 0.25) is 0 Å². The Morgan fingerprint density at radius 3 is 2.84 bits per heavy atom. The summed E-state index contributed by atoms with van der Waals surface area (Å²) in [5.74, 6) is 1.78. The van der Waals surface area contributed by atoms with E-state index in [1.807, 2.05) is 35.6 Å². The first-order valence-corrected chi connectivity index (χ1v) is 11.5. The number of hydrogen-bond acceptors (Lipinski definition) is 4. The summed E-state index contributed by atoms with van der Waals surface area (Å²) in [6.45, 7) is 3.52. The predicted octanol–water partition coefficient (Wildman–Crippen LogP) is 5.13. The highest BCUT2D eigenvalue weighted by atomic mass is 32.1. The molecule has 2 aromatic carbocycles. The van der Waals surface area contributed by atoms with E-state index in [-0.39, 0.29) is 5.91 Å². The Morgan fingerprint density at radius 2 is 1.97 bits per heavy atom. The average molecular weight is 443 g/mol. The van der Waals surface area contributed by atoms with Gasteiger partial charge in [-0.05, 0) is 59.8 Å². The van der Waals surface area contributed by atoms with Gasteiger partial charge in [0.25, 0.3) is 5.91 Å². The molecular formula is C25H22N4O2S. The van der Waals surface area contributed by atoms with Gasteiger partial charge in [-0.15, -0.1) is 11.3 Å². The summed E-state index contributed by atoms with van der Waals surface area (Å²) in [6.07, 6.45) is 0. The third kappa shape index (κ3) is 3.08. The second kappa shape index (κ2) is 7.24. The Bertz CT molecular complexity index is 1490. The third-order valence-electron chi connectivity index (χ3n) is 6.15. The largest absolute Gasteiger partial charge is 0.491 e. The number of carbonyl (C=O) groups is 1. The first-order valence-electron chi connectivity index (χ1n) is 10.6. The number of H-pyrrole nitrogens is 1. The molecule has 0 unspecified atom stereocenters. The SMILES string of the molecule is Cc1nc2cc(-c3ccc4c(c3)CN(C(=O)c3cc5sccc5n3C)CCO4)ccc2[nH]1. The minimum atomic E-state index is 0.0335. The summed E-state index contributed by atoms with van der Waals surface area (Å²) in [5.41, 5.74) is 6.99. The molecule has 1 amide bonds. The van der Waals surface area contributed by atoms with Crippen molar-refractivity contribution < 1.29 is 9.53 Å². The molecule has 0 saturated carbocycles. The molecule has 0 radical (unpaired) electrons. The summed E-state index contributed by atoms with van der Waals surface area (Å²) in [5, 5.41) is 2.05. The van der Waals surface area contributed by atoms with Gasteiger partial charge in [-0.2, -0.15) is 0 Å². The average Bonchev–Trinajstić information content (AvgIpc) is 3.43. The van der Waals surface area contributed by atoms with Crippen LogP contribution in [-0.2, 0) is 13.6 Å². The van der Waals surface area contributed by atoms with Crippen LogP contribution in [0.3, 0.4) is 0 Å². The molecule has 5 aromatic rings. The number of ether oxygens (including phenoxy) is 1. The van der Waals surface area contributed by atoms with Crippen LogP contribution in [0.1, 0.15) is 21.9 Å². The Kier molecular flexibility index (Phi) is 4.33. The van der Waals surface area contributed by atoms with Crippen LogP contribution in [0, 0.1) is 6.92 Å². The number of imidazole rings is 1.